The topological polar surface area (TPSA) is 46.5 Å². The first-order chi connectivity index (χ1) is 3.27. The minimum atomic E-state index is -0.915. The van der Waals surface area contributed by atoms with E-state index in [-0.39, 0.29) is 42.2 Å². The van der Waals surface area contributed by atoms with Gasteiger partial charge in [0.1, 0.15) is 6.61 Å². The van der Waals surface area contributed by atoms with Gasteiger partial charge in [0, 0.05) is 42.2 Å². The molecule has 0 heterocycles. The number of hydrogen-bond donors (Lipinski definition) is 1. The van der Waals surface area contributed by atoms with Gasteiger partial charge in [0.15, 0.2) is 0 Å². The van der Waals surface area contributed by atoms with Crippen LogP contribution in [0.2, 0.25) is 0 Å². The summed E-state index contributed by atoms with van der Waals surface area (Å²) in [4.78, 5) is 9.63. The van der Waals surface area contributed by atoms with Crippen LogP contribution in [0.15, 0.2) is 0 Å². The Labute approximate surface area is 76.0 Å². The van der Waals surface area contributed by atoms with Crippen LogP contribution in [0, 0.1) is 35.6 Å². The fraction of sp³-hybridized carbons (Fsp3) is 0.750. The molecule has 0 unspecified atom stereocenters. The van der Waals surface area contributed by atoms with Gasteiger partial charge in [-0.25, -0.2) is 4.79 Å². The molecule has 8 heavy (non-hydrogen) atoms. The monoisotopic (exact) mass is 243 g/mol. The Morgan fingerprint density at radius 2 is 2.25 bits per heavy atom. The van der Waals surface area contributed by atoms with Crippen molar-refractivity contribution in [2.24, 2.45) is 0 Å². The van der Waals surface area contributed by atoms with Crippen molar-refractivity contribution in [2.45, 2.75) is 6.92 Å². The molecule has 0 atom stereocenters. The molecule has 45 valence electrons. The second kappa shape index (κ2) is 7.62. The molecular weight excluding hydrogens is 235 g/mol. The predicted molar refractivity (Wildman–Crippen MR) is 24.1 cm³/mol. The number of carbonyl (C=O) groups is 1. The van der Waals surface area contributed by atoms with Crippen LogP contribution in [0.3, 0.4) is 0 Å². The quantitative estimate of drug-likeness (QED) is 0.765. The Hall–Kier alpha value is 0.625. The van der Waals surface area contributed by atoms with Crippen molar-refractivity contribution in [3.8, 4) is 0 Å². The Bertz CT molecular complexity index is 64.3. The van der Waals surface area contributed by atoms with Gasteiger partial charge in [-0.15, -0.1) is 0 Å². The van der Waals surface area contributed by atoms with Crippen LogP contribution < -0.4 is 0 Å². The number of ether oxygens (including phenoxy) is 1. The second-order valence-corrected chi connectivity index (χ2v) is 1.03. The minimum Gasteiger partial charge on any atom is -0.480 e. The predicted octanol–water partition coefficient (Wildman–Crippen LogP) is 0.108. The van der Waals surface area contributed by atoms with Crippen molar-refractivity contribution < 1.29 is 50.2 Å². The van der Waals surface area contributed by atoms with Crippen LogP contribution in [0.25, 0.3) is 0 Å². The average molecular weight is 243 g/mol. The number of aliphatic carboxylic acids is 1. The van der Waals surface area contributed by atoms with Gasteiger partial charge in [0.05, 0.1) is 0 Å². The SMILES string of the molecule is CCOCC(=O)O.[La]. The van der Waals surface area contributed by atoms with Crippen molar-refractivity contribution in [3.05, 3.63) is 0 Å². The maximum atomic E-state index is 9.63. The van der Waals surface area contributed by atoms with E-state index in [0.29, 0.717) is 6.61 Å². The van der Waals surface area contributed by atoms with Gasteiger partial charge < -0.3 is 9.84 Å². The van der Waals surface area contributed by atoms with E-state index in [4.69, 9.17) is 5.11 Å². The molecule has 0 saturated carbocycles. The average Bonchev–Trinajstić information content (AvgIpc) is 1.61. The molecule has 0 aromatic rings. The molecule has 0 saturated heterocycles. The smallest absolute Gasteiger partial charge is 0.329 e. The maximum Gasteiger partial charge on any atom is 0.329 e. The molecular formula is C4H8LaO3. The molecule has 0 aromatic carbocycles. The van der Waals surface area contributed by atoms with Crippen molar-refractivity contribution in [2.75, 3.05) is 13.2 Å². The summed E-state index contributed by atoms with van der Waals surface area (Å²) in [5.74, 6) is -0.915. The van der Waals surface area contributed by atoms with E-state index in [2.05, 4.69) is 4.74 Å². The van der Waals surface area contributed by atoms with Crippen LogP contribution in [0.1, 0.15) is 6.92 Å². The summed E-state index contributed by atoms with van der Waals surface area (Å²) in [7, 11) is 0. The van der Waals surface area contributed by atoms with Crippen LogP contribution >= 0.6 is 0 Å². The zero-order valence-corrected chi connectivity index (χ0v) is 8.38. The summed E-state index contributed by atoms with van der Waals surface area (Å²) in [6, 6.07) is 0. The van der Waals surface area contributed by atoms with Crippen LogP contribution in [0.4, 0.5) is 0 Å². The first-order valence-electron chi connectivity index (χ1n) is 2.07. The van der Waals surface area contributed by atoms with Gasteiger partial charge in [0.2, 0.25) is 0 Å². The van der Waals surface area contributed by atoms with Gasteiger partial charge in [-0.3, -0.25) is 0 Å². The largest absolute Gasteiger partial charge is 0.480 e. The Kier molecular flexibility index (Phi) is 10.9. The Balaban J connectivity index is 0. The fourth-order valence-electron chi connectivity index (χ4n) is 0.189. The summed E-state index contributed by atoms with van der Waals surface area (Å²) < 4.78 is 4.50. The van der Waals surface area contributed by atoms with E-state index in [1.54, 1.807) is 6.92 Å². The van der Waals surface area contributed by atoms with Gasteiger partial charge in [-0.1, -0.05) is 0 Å². The fourth-order valence-corrected chi connectivity index (χ4v) is 0.189. The number of hydrogen-bond acceptors (Lipinski definition) is 2. The second-order valence-electron chi connectivity index (χ2n) is 1.03. The first kappa shape index (κ1) is 11.4. The molecule has 0 aliphatic rings. The van der Waals surface area contributed by atoms with E-state index >= 15 is 0 Å². The summed E-state index contributed by atoms with van der Waals surface area (Å²) in [6.45, 7) is 2.03. The van der Waals surface area contributed by atoms with Crippen molar-refractivity contribution in [1.29, 1.82) is 0 Å². The van der Waals surface area contributed by atoms with Crippen molar-refractivity contribution in [3.63, 3.8) is 0 Å². The normalized spacial score (nSPS) is 7.62. The molecule has 0 aromatic heterocycles. The van der Waals surface area contributed by atoms with Crippen LogP contribution in [-0.4, -0.2) is 24.3 Å². The van der Waals surface area contributed by atoms with Crippen LogP contribution in [0.5, 0.6) is 0 Å². The standard InChI is InChI=1S/C4H8O3.La/c1-2-7-3-4(5)6;/h2-3H2,1H3,(H,5,6);. The molecule has 1 N–H and O–H groups in total. The van der Waals surface area contributed by atoms with E-state index in [9.17, 15) is 4.79 Å². The summed E-state index contributed by atoms with van der Waals surface area (Å²) >= 11 is 0. The Morgan fingerprint density at radius 3 is 2.38 bits per heavy atom. The number of carboxylic acids is 1. The van der Waals surface area contributed by atoms with Gasteiger partial charge in [-0.2, -0.15) is 0 Å². The minimum absolute atomic E-state index is 0. The molecule has 0 aliphatic heterocycles. The van der Waals surface area contributed by atoms with Crippen molar-refractivity contribution in [1.82, 2.24) is 0 Å². The van der Waals surface area contributed by atoms with E-state index in [0.717, 1.165) is 0 Å². The molecule has 0 amide bonds. The molecule has 0 aliphatic carbocycles. The first-order valence-corrected chi connectivity index (χ1v) is 2.07. The van der Waals surface area contributed by atoms with Gasteiger partial charge in [0.25, 0.3) is 0 Å². The molecule has 0 rings (SSSR count). The molecule has 3 nitrogen and oxygen atoms in total. The summed E-state index contributed by atoms with van der Waals surface area (Å²) in [5.41, 5.74) is 0. The zero-order valence-electron chi connectivity index (χ0n) is 4.76. The third kappa shape index (κ3) is 9.80. The van der Waals surface area contributed by atoms with Gasteiger partial charge in [-0.05, 0) is 6.92 Å². The Morgan fingerprint density at radius 1 is 1.75 bits per heavy atom. The molecule has 0 bridgehead atoms. The number of carboxylic acid groups (broad SMARTS) is 1. The third-order valence-electron chi connectivity index (χ3n) is 0.430. The summed E-state index contributed by atoms with van der Waals surface area (Å²) in [6.07, 6.45) is 0. The molecule has 0 spiro atoms. The molecule has 1 radical (unpaired) electrons. The summed E-state index contributed by atoms with van der Waals surface area (Å²) in [5, 5.41) is 7.92. The third-order valence-corrected chi connectivity index (χ3v) is 0.430. The van der Waals surface area contributed by atoms with E-state index in [1.807, 2.05) is 0 Å². The molecule has 0 fully saturated rings. The van der Waals surface area contributed by atoms with Gasteiger partial charge >= 0.3 is 5.97 Å². The van der Waals surface area contributed by atoms with E-state index < -0.39 is 5.97 Å². The number of rotatable bonds is 3. The van der Waals surface area contributed by atoms with Crippen LogP contribution in [-0.2, 0) is 9.53 Å². The molecule has 4 heteroatoms. The van der Waals surface area contributed by atoms with E-state index in [1.165, 1.54) is 0 Å². The maximum absolute atomic E-state index is 9.63. The van der Waals surface area contributed by atoms with Crippen molar-refractivity contribution >= 4 is 5.97 Å². The zero-order chi connectivity index (χ0) is 5.70.